The Bertz CT molecular complexity index is 981. The smallest absolute Gasteiger partial charge is 0.336 e. The molecule has 3 aromatic rings. The number of fused-ring (bicyclic) bond motifs is 1. The van der Waals surface area contributed by atoms with E-state index in [0.717, 1.165) is 0 Å². The van der Waals surface area contributed by atoms with E-state index in [4.69, 9.17) is 4.42 Å². The number of anilines is 2. The largest absolute Gasteiger partial charge is 0.423 e. The van der Waals surface area contributed by atoms with Crippen LogP contribution >= 0.6 is 31.9 Å². The van der Waals surface area contributed by atoms with E-state index in [1.807, 2.05) is 0 Å². The van der Waals surface area contributed by atoms with Crippen LogP contribution in [0.2, 0.25) is 0 Å². The van der Waals surface area contributed by atoms with Gasteiger partial charge in [-0.3, -0.25) is 0 Å². The van der Waals surface area contributed by atoms with Crippen LogP contribution in [0.4, 0.5) is 20.6 Å². The number of carbonyl (C=O) groups excluding carboxylic acids is 1. The Kier molecular flexibility index (Phi) is 4.68. The Morgan fingerprint density at radius 3 is 2.42 bits per heavy atom. The van der Waals surface area contributed by atoms with E-state index in [2.05, 4.69) is 42.5 Å². The fourth-order valence-electron chi connectivity index (χ4n) is 2.09. The van der Waals surface area contributed by atoms with Gasteiger partial charge in [-0.15, -0.1) is 0 Å². The predicted octanol–water partition coefficient (Wildman–Crippen LogP) is 5.10. The van der Waals surface area contributed by atoms with Crippen molar-refractivity contribution in [3.8, 4) is 0 Å². The zero-order valence-electron chi connectivity index (χ0n) is 11.9. The fraction of sp³-hybridized carbons (Fsp3) is 0. The van der Waals surface area contributed by atoms with E-state index in [-0.39, 0.29) is 0 Å². The molecule has 3 rings (SSSR count). The molecule has 0 aliphatic rings. The van der Waals surface area contributed by atoms with Gasteiger partial charge in [0.05, 0.1) is 5.69 Å². The van der Waals surface area contributed by atoms with Crippen LogP contribution in [0, 0.1) is 5.82 Å². The summed E-state index contributed by atoms with van der Waals surface area (Å²) in [7, 11) is 0. The van der Waals surface area contributed by atoms with Crippen molar-refractivity contribution in [3.05, 3.63) is 67.6 Å². The third kappa shape index (κ3) is 3.65. The number of nitrogens with one attached hydrogen (secondary N) is 2. The maximum Gasteiger partial charge on any atom is 0.336 e. The lowest BCUT2D eigenvalue weighted by molar-refractivity contribution is 0.262. The van der Waals surface area contributed by atoms with Gasteiger partial charge in [-0.05, 0) is 68.3 Å². The minimum absolute atomic E-state index is 0.403. The molecule has 0 bridgehead atoms. The van der Waals surface area contributed by atoms with Crippen molar-refractivity contribution in [2.45, 2.75) is 0 Å². The molecule has 0 spiro atoms. The van der Waals surface area contributed by atoms with E-state index >= 15 is 0 Å². The molecule has 8 heteroatoms. The molecule has 2 aromatic carbocycles. The highest BCUT2D eigenvalue weighted by Crippen LogP contribution is 2.32. The molecule has 0 aliphatic carbocycles. The molecule has 5 nitrogen and oxygen atoms in total. The summed E-state index contributed by atoms with van der Waals surface area (Å²) in [6, 6.07) is 9.79. The Balaban J connectivity index is 1.80. The van der Waals surface area contributed by atoms with Gasteiger partial charge < -0.3 is 15.1 Å². The van der Waals surface area contributed by atoms with Crippen molar-refractivity contribution in [1.82, 2.24) is 0 Å². The molecule has 0 fully saturated rings. The van der Waals surface area contributed by atoms with Crippen LogP contribution in [0.5, 0.6) is 0 Å². The first-order valence-electron chi connectivity index (χ1n) is 6.69. The summed E-state index contributed by atoms with van der Waals surface area (Å²) in [5.74, 6) is -0.435. The molecule has 2 N–H and O–H groups in total. The summed E-state index contributed by atoms with van der Waals surface area (Å²) in [6.45, 7) is 0. The summed E-state index contributed by atoms with van der Waals surface area (Å²) < 4.78 is 19.1. The van der Waals surface area contributed by atoms with Crippen LogP contribution in [0.25, 0.3) is 11.0 Å². The number of benzene rings is 2. The molecule has 0 saturated heterocycles. The molecular formula is C16H9Br2FN2O3. The van der Waals surface area contributed by atoms with Gasteiger partial charge in [0.25, 0.3) is 0 Å². The number of halogens is 3. The maximum atomic E-state index is 13.2. The molecule has 0 saturated carbocycles. The SMILES string of the molecule is O=C(Nc1ccc2oc(=O)ccc2c1)Nc1c(Br)cc(F)cc1Br. The zero-order chi connectivity index (χ0) is 17.3. The lowest BCUT2D eigenvalue weighted by atomic mass is 10.2. The Hall–Kier alpha value is -2.19. The summed E-state index contributed by atoms with van der Waals surface area (Å²) in [6.07, 6.45) is 0. The number of amides is 2. The number of rotatable bonds is 2. The zero-order valence-corrected chi connectivity index (χ0v) is 15.1. The lowest BCUT2D eigenvalue weighted by Crippen LogP contribution is -2.20. The molecule has 122 valence electrons. The van der Waals surface area contributed by atoms with E-state index < -0.39 is 17.5 Å². The number of carbonyl (C=O) groups is 1. The van der Waals surface area contributed by atoms with Crippen molar-refractivity contribution in [2.75, 3.05) is 10.6 Å². The number of hydrogen-bond acceptors (Lipinski definition) is 3. The van der Waals surface area contributed by atoms with Crippen LogP contribution in [0.1, 0.15) is 0 Å². The first-order chi connectivity index (χ1) is 11.4. The molecule has 1 heterocycles. The van der Waals surface area contributed by atoms with Crippen LogP contribution in [0.15, 0.2) is 60.6 Å². The average Bonchev–Trinajstić information content (AvgIpc) is 2.51. The second-order valence-electron chi connectivity index (χ2n) is 4.83. The minimum Gasteiger partial charge on any atom is -0.423 e. The number of hydrogen-bond donors (Lipinski definition) is 2. The van der Waals surface area contributed by atoms with Gasteiger partial charge >= 0.3 is 11.7 Å². The Labute approximate surface area is 152 Å². The van der Waals surface area contributed by atoms with Gasteiger partial charge in [-0.1, -0.05) is 0 Å². The highest BCUT2D eigenvalue weighted by atomic mass is 79.9. The van der Waals surface area contributed by atoms with Crippen molar-refractivity contribution in [3.63, 3.8) is 0 Å². The molecule has 0 aliphatic heterocycles. The van der Waals surface area contributed by atoms with Crippen LogP contribution in [-0.4, -0.2) is 6.03 Å². The van der Waals surface area contributed by atoms with Gasteiger partial charge in [0.2, 0.25) is 0 Å². The average molecular weight is 456 g/mol. The van der Waals surface area contributed by atoms with E-state index in [1.165, 1.54) is 18.2 Å². The second kappa shape index (κ2) is 6.74. The van der Waals surface area contributed by atoms with Crippen LogP contribution < -0.4 is 16.3 Å². The third-order valence-corrected chi connectivity index (χ3v) is 4.37. The summed E-state index contributed by atoms with van der Waals surface area (Å²) in [5, 5.41) is 5.97. The monoisotopic (exact) mass is 454 g/mol. The second-order valence-corrected chi connectivity index (χ2v) is 6.54. The molecule has 2 amide bonds. The molecule has 0 atom stereocenters. The highest BCUT2D eigenvalue weighted by Gasteiger charge is 2.11. The first kappa shape index (κ1) is 16.7. The summed E-state index contributed by atoms with van der Waals surface area (Å²) >= 11 is 6.39. The quantitative estimate of drug-likeness (QED) is 0.528. The first-order valence-corrected chi connectivity index (χ1v) is 8.27. The lowest BCUT2D eigenvalue weighted by Gasteiger charge is -2.11. The normalized spacial score (nSPS) is 10.6. The molecule has 0 radical (unpaired) electrons. The molecular weight excluding hydrogens is 447 g/mol. The van der Waals surface area contributed by atoms with Gasteiger partial charge in [0.15, 0.2) is 0 Å². The van der Waals surface area contributed by atoms with Crippen molar-refractivity contribution in [1.29, 1.82) is 0 Å². The van der Waals surface area contributed by atoms with Crippen LogP contribution in [0.3, 0.4) is 0 Å². The van der Waals surface area contributed by atoms with Crippen LogP contribution in [-0.2, 0) is 0 Å². The van der Waals surface area contributed by atoms with Gasteiger partial charge in [-0.25, -0.2) is 14.0 Å². The summed E-state index contributed by atoms with van der Waals surface area (Å²) in [4.78, 5) is 23.3. The highest BCUT2D eigenvalue weighted by molar-refractivity contribution is 9.11. The van der Waals surface area contributed by atoms with Gasteiger partial charge in [0, 0.05) is 26.1 Å². The number of urea groups is 1. The van der Waals surface area contributed by atoms with Crippen molar-refractivity contribution < 1.29 is 13.6 Å². The molecule has 0 unspecified atom stereocenters. The van der Waals surface area contributed by atoms with E-state index in [0.29, 0.717) is 31.3 Å². The standard InChI is InChI=1S/C16H9Br2FN2O3/c17-11-6-9(19)7-12(18)15(11)21-16(23)20-10-2-3-13-8(5-10)1-4-14(22)24-13/h1-7H,(H2,20,21,23). The fourth-order valence-corrected chi connectivity index (χ4v) is 3.42. The maximum absolute atomic E-state index is 13.2. The molecule has 24 heavy (non-hydrogen) atoms. The predicted molar refractivity (Wildman–Crippen MR) is 96.9 cm³/mol. The van der Waals surface area contributed by atoms with Gasteiger partial charge in [0.1, 0.15) is 11.4 Å². The van der Waals surface area contributed by atoms with Gasteiger partial charge in [-0.2, -0.15) is 0 Å². The van der Waals surface area contributed by atoms with E-state index in [9.17, 15) is 14.0 Å². The minimum atomic E-state index is -0.500. The van der Waals surface area contributed by atoms with Crippen molar-refractivity contribution >= 4 is 60.2 Å². The van der Waals surface area contributed by atoms with E-state index in [1.54, 1.807) is 24.3 Å². The Morgan fingerprint density at radius 1 is 1.00 bits per heavy atom. The Morgan fingerprint density at radius 2 is 1.71 bits per heavy atom. The summed E-state index contributed by atoms with van der Waals surface area (Å²) in [5.41, 5.74) is 0.910. The topological polar surface area (TPSA) is 71.3 Å². The van der Waals surface area contributed by atoms with Crippen molar-refractivity contribution in [2.24, 2.45) is 0 Å². The third-order valence-electron chi connectivity index (χ3n) is 3.12. The molecule has 1 aromatic heterocycles.